The van der Waals surface area contributed by atoms with E-state index < -0.39 is 11.6 Å². The lowest BCUT2D eigenvalue weighted by molar-refractivity contribution is 0.427. The van der Waals surface area contributed by atoms with Crippen molar-refractivity contribution in [3.63, 3.8) is 0 Å². The zero-order valence-corrected chi connectivity index (χ0v) is 10.2. The third kappa shape index (κ3) is 2.19. The molecule has 0 aliphatic carbocycles. The first kappa shape index (κ1) is 11.8. The Kier molecular flexibility index (Phi) is 2.75. The largest absolute Gasteiger partial charge is 0.435 e. The van der Waals surface area contributed by atoms with Crippen LogP contribution in [0.3, 0.4) is 0 Å². The van der Waals surface area contributed by atoms with Crippen LogP contribution in [0.1, 0.15) is 0 Å². The summed E-state index contributed by atoms with van der Waals surface area (Å²) >= 11 is 1.35. The third-order valence-corrected chi connectivity index (χ3v) is 3.21. The van der Waals surface area contributed by atoms with Crippen molar-refractivity contribution in [1.29, 1.82) is 0 Å². The average Bonchev–Trinajstić information content (AvgIpc) is 2.82. The molecule has 2 aromatic heterocycles. The van der Waals surface area contributed by atoms with Gasteiger partial charge in [0, 0.05) is 6.07 Å². The molecule has 2 heterocycles. The summed E-state index contributed by atoms with van der Waals surface area (Å²) in [6.45, 7) is 0. The number of nitrogens with two attached hydrogens (primary N) is 1. The fraction of sp³-hybridized carbons (Fsp3) is 0. The molecule has 0 radical (unpaired) electrons. The van der Waals surface area contributed by atoms with Crippen LogP contribution in [0.15, 0.2) is 29.6 Å². The van der Waals surface area contributed by atoms with E-state index in [1.54, 1.807) is 11.4 Å². The fourth-order valence-electron chi connectivity index (χ4n) is 1.58. The van der Waals surface area contributed by atoms with Gasteiger partial charge in [0.2, 0.25) is 11.8 Å². The molecule has 7 heteroatoms. The van der Waals surface area contributed by atoms with Crippen LogP contribution in [-0.4, -0.2) is 9.97 Å². The number of benzene rings is 1. The Labute approximate surface area is 110 Å². The van der Waals surface area contributed by atoms with Crippen LogP contribution in [0.2, 0.25) is 0 Å². The van der Waals surface area contributed by atoms with Gasteiger partial charge in [-0.3, -0.25) is 0 Å². The van der Waals surface area contributed by atoms with E-state index in [9.17, 15) is 8.78 Å². The Hall–Kier alpha value is -2.28. The molecule has 3 aromatic rings. The Morgan fingerprint density at radius 2 is 2.00 bits per heavy atom. The van der Waals surface area contributed by atoms with E-state index in [4.69, 9.17) is 10.5 Å². The second kappa shape index (κ2) is 4.43. The number of hydrogen-bond donors (Lipinski definition) is 1. The number of anilines is 1. The van der Waals surface area contributed by atoms with Crippen LogP contribution in [0.4, 0.5) is 14.7 Å². The van der Waals surface area contributed by atoms with E-state index in [2.05, 4.69) is 9.97 Å². The highest BCUT2D eigenvalue weighted by Gasteiger charge is 2.12. The number of aromatic nitrogens is 2. The van der Waals surface area contributed by atoms with Crippen molar-refractivity contribution in [1.82, 2.24) is 9.97 Å². The van der Waals surface area contributed by atoms with Crippen molar-refractivity contribution in [2.45, 2.75) is 0 Å². The number of ether oxygens (including phenoxy) is 1. The van der Waals surface area contributed by atoms with Crippen LogP contribution in [0.25, 0.3) is 10.2 Å². The maximum absolute atomic E-state index is 13.5. The summed E-state index contributed by atoms with van der Waals surface area (Å²) < 4.78 is 31.9. The molecule has 0 saturated carbocycles. The maximum Gasteiger partial charge on any atom is 0.233 e. The first-order valence-electron chi connectivity index (χ1n) is 5.27. The number of halogens is 2. The van der Waals surface area contributed by atoms with Crippen LogP contribution >= 0.6 is 11.3 Å². The van der Waals surface area contributed by atoms with Crippen LogP contribution in [0.5, 0.6) is 11.6 Å². The Morgan fingerprint density at radius 3 is 2.84 bits per heavy atom. The molecule has 2 N–H and O–H groups in total. The summed E-state index contributed by atoms with van der Waals surface area (Å²) in [5.41, 5.74) is 5.54. The number of nitrogens with zero attached hydrogens (tertiary/aromatic N) is 2. The molecule has 3 rings (SSSR count). The van der Waals surface area contributed by atoms with Gasteiger partial charge in [-0.05, 0) is 23.6 Å². The molecule has 0 bridgehead atoms. The monoisotopic (exact) mass is 279 g/mol. The van der Waals surface area contributed by atoms with E-state index in [1.807, 2.05) is 0 Å². The third-order valence-electron chi connectivity index (χ3n) is 2.41. The predicted octanol–water partition coefficient (Wildman–Crippen LogP) is 3.34. The second-order valence-electron chi connectivity index (χ2n) is 3.70. The van der Waals surface area contributed by atoms with Gasteiger partial charge in [-0.15, -0.1) is 11.3 Å². The molecule has 19 heavy (non-hydrogen) atoms. The molecule has 0 saturated heterocycles. The highest BCUT2D eigenvalue weighted by atomic mass is 32.1. The lowest BCUT2D eigenvalue weighted by Crippen LogP contribution is -1.98. The SMILES string of the molecule is Nc1nc(Oc2cc(F)ccc2F)c2ccsc2n1. The van der Waals surface area contributed by atoms with Crippen molar-refractivity contribution in [2.75, 3.05) is 5.73 Å². The molecule has 0 aliphatic rings. The second-order valence-corrected chi connectivity index (χ2v) is 4.60. The smallest absolute Gasteiger partial charge is 0.233 e. The van der Waals surface area contributed by atoms with Crippen LogP contribution < -0.4 is 10.5 Å². The summed E-state index contributed by atoms with van der Waals surface area (Å²) in [4.78, 5) is 8.54. The molecule has 0 atom stereocenters. The van der Waals surface area contributed by atoms with Crippen molar-refractivity contribution in [2.24, 2.45) is 0 Å². The molecule has 0 unspecified atom stereocenters. The minimum atomic E-state index is -0.679. The first-order chi connectivity index (χ1) is 9.13. The van der Waals surface area contributed by atoms with Gasteiger partial charge in [-0.25, -0.2) is 13.8 Å². The minimum Gasteiger partial charge on any atom is -0.435 e. The van der Waals surface area contributed by atoms with Crippen LogP contribution in [0, 0.1) is 11.6 Å². The zero-order valence-electron chi connectivity index (χ0n) is 9.43. The van der Waals surface area contributed by atoms with E-state index in [0.29, 0.717) is 10.2 Å². The number of rotatable bonds is 2. The van der Waals surface area contributed by atoms with Crippen molar-refractivity contribution in [3.05, 3.63) is 41.3 Å². The van der Waals surface area contributed by atoms with Crippen molar-refractivity contribution in [3.8, 4) is 11.6 Å². The first-order valence-corrected chi connectivity index (χ1v) is 6.15. The topological polar surface area (TPSA) is 61.0 Å². The maximum atomic E-state index is 13.5. The van der Waals surface area contributed by atoms with Gasteiger partial charge < -0.3 is 10.5 Å². The molecular formula is C12H7F2N3OS. The molecule has 0 spiro atoms. The quantitative estimate of drug-likeness (QED) is 0.781. The Morgan fingerprint density at radius 1 is 1.16 bits per heavy atom. The Balaban J connectivity index is 2.10. The van der Waals surface area contributed by atoms with E-state index in [1.165, 1.54) is 11.3 Å². The lowest BCUT2D eigenvalue weighted by Gasteiger charge is -2.07. The lowest BCUT2D eigenvalue weighted by atomic mass is 10.3. The normalized spacial score (nSPS) is 10.8. The van der Waals surface area contributed by atoms with Gasteiger partial charge >= 0.3 is 0 Å². The fourth-order valence-corrected chi connectivity index (χ4v) is 2.34. The van der Waals surface area contributed by atoms with Gasteiger partial charge in [0.15, 0.2) is 11.6 Å². The summed E-state index contributed by atoms with van der Waals surface area (Å²) in [5.74, 6) is -1.40. The highest BCUT2D eigenvalue weighted by Crippen LogP contribution is 2.32. The molecule has 1 aromatic carbocycles. The van der Waals surface area contributed by atoms with Crippen LogP contribution in [-0.2, 0) is 0 Å². The molecule has 4 nitrogen and oxygen atoms in total. The summed E-state index contributed by atoms with van der Waals surface area (Å²) in [6.07, 6.45) is 0. The standard InChI is InChI=1S/C12H7F2N3OS/c13-6-1-2-8(14)9(5-6)18-10-7-3-4-19-11(7)17-12(15)16-10/h1-5H,(H2,15,16,17). The van der Waals surface area contributed by atoms with Crippen molar-refractivity contribution >= 4 is 27.5 Å². The van der Waals surface area contributed by atoms with Gasteiger partial charge in [0.25, 0.3) is 0 Å². The molecule has 0 amide bonds. The highest BCUT2D eigenvalue weighted by molar-refractivity contribution is 7.16. The minimum absolute atomic E-state index is 0.0155. The van der Waals surface area contributed by atoms with Gasteiger partial charge in [-0.2, -0.15) is 4.98 Å². The van der Waals surface area contributed by atoms with Crippen molar-refractivity contribution < 1.29 is 13.5 Å². The molecule has 0 fully saturated rings. The molecular weight excluding hydrogens is 272 g/mol. The number of nitrogen functional groups attached to an aromatic ring is 1. The summed E-state index contributed by atoms with van der Waals surface area (Å²) in [5, 5.41) is 2.39. The predicted molar refractivity (Wildman–Crippen MR) is 68.3 cm³/mol. The average molecular weight is 279 g/mol. The molecule has 0 aliphatic heterocycles. The van der Waals surface area contributed by atoms with E-state index in [-0.39, 0.29) is 17.6 Å². The number of hydrogen-bond acceptors (Lipinski definition) is 5. The van der Waals surface area contributed by atoms with E-state index >= 15 is 0 Å². The number of fused-ring (bicyclic) bond motifs is 1. The van der Waals surface area contributed by atoms with Gasteiger partial charge in [-0.1, -0.05) is 0 Å². The number of thiophene rings is 1. The molecule has 96 valence electrons. The summed E-state index contributed by atoms with van der Waals surface area (Å²) in [6, 6.07) is 4.68. The Bertz CT molecular complexity index is 760. The van der Waals surface area contributed by atoms with Gasteiger partial charge in [0.05, 0.1) is 5.39 Å². The summed E-state index contributed by atoms with van der Waals surface area (Å²) in [7, 11) is 0. The zero-order chi connectivity index (χ0) is 13.4. The van der Waals surface area contributed by atoms with Gasteiger partial charge in [0.1, 0.15) is 10.6 Å². The van der Waals surface area contributed by atoms with E-state index in [0.717, 1.165) is 18.2 Å².